The summed E-state index contributed by atoms with van der Waals surface area (Å²) in [5.74, 6) is 1.16. The average Bonchev–Trinajstić information content (AvgIpc) is 2.92. The van der Waals surface area contributed by atoms with Crippen LogP contribution in [0.15, 0.2) is 38.7 Å². The number of rotatable bonds is 3. The first kappa shape index (κ1) is 19.5. The Kier molecular flexibility index (Phi) is 8.68. The summed E-state index contributed by atoms with van der Waals surface area (Å²) in [6.45, 7) is 6.15. The van der Waals surface area contributed by atoms with Crippen molar-refractivity contribution in [3.8, 4) is 6.19 Å². The topological polar surface area (TPSA) is 61.6 Å². The molecule has 2 rings (SSSR count). The Morgan fingerprint density at radius 1 is 1.09 bits per heavy atom. The van der Waals surface area contributed by atoms with Crippen LogP contribution in [0.25, 0.3) is 0 Å². The fourth-order valence-corrected chi connectivity index (χ4v) is 2.10. The van der Waals surface area contributed by atoms with E-state index < -0.39 is 0 Å². The van der Waals surface area contributed by atoms with E-state index in [9.17, 15) is 0 Å². The molecule has 2 aromatic rings. The van der Waals surface area contributed by atoms with Gasteiger partial charge in [-0.25, -0.2) is 0 Å². The van der Waals surface area contributed by atoms with E-state index >= 15 is 0 Å². The molecule has 0 N–H and O–H groups in total. The molecule has 0 unspecified atom stereocenters. The summed E-state index contributed by atoms with van der Waals surface area (Å²) in [5, 5.41) is 8.35. The van der Waals surface area contributed by atoms with Crippen LogP contribution >= 0.6 is 20.2 Å². The van der Waals surface area contributed by atoms with Crippen molar-refractivity contribution < 1.29 is 17.6 Å². The van der Waals surface area contributed by atoms with Crippen LogP contribution in [0, 0.1) is 32.2 Å². The summed E-state index contributed by atoms with van der Waals surface area (Å²) in [7, 11) is 9.53. The number of aryl methyl sites for hydroxylation is 3. The predicted molar refractivity (Wildman–Crippen MR) is 91.5 cm³/mol. The van der Waals surface area contributed by atoms with Gasteiger partial charge in [-0.15, -0.1) is 0 Å². The van der Waals surface area contributed by atoms with E-state index in [-0.39, 0.29) is 13.1 Å². The van der Waals surface area contributed by atoms with Gasteiger partial charge in [0, 0.05) is 0 Å². The standard InChI is InChI=1S/C16H15N3O.2ClH.Fe/c1-11-6-12(2)16(13(3)7-11)19-9-15-5-4-14(20-15)8-18-10-17;;;/h4-9H,1-3H3;2*1H;/q;;;+2/p-2. The Balaban J connectivity index is 0.000000816. The second kappa shape index (κ2) is 10.3. The van der Waals surface area contributed by atoms with Crippen LogP contribution in [-0.4, -0.2) is 12.4 Å². The monoisotopic (exact) mass is 391 g/mol. The molecule has 1 aromatic heterocycles. The number of furan rings is 1. The minimum atomic E-state index is 0.194. The van der Waals surface area contributed by atoms with E-state index in [1.807, 2.05) is 13.8 Å². The number of benzene rings is 1. The summed E-state index contributed by atoms with van der Waals surface area (Å²) in [5.41, 5.74) is 4.46. The van der Waals surface area contributed by atoms with Gasteiger partial charge in [0.1, 0.15) is 11.5 Å². The molecule has 0 saturated heterocycles. The fourth-order valence-electron chi connectivity index (χ4n) is 2.10. The molecule has 0 aliphatic rings. The first-order valence-corrected chi connectivity index (χ1v) is 9.54. The molecular weight excluding hydrogens is 377 g/mol. The van der Waals surface area contributed by atoms with Crippen molar-refractivity contribution >= 4 is 38.3 Å². The van der Waals surface area contributed by atoms with Crippen molar-refractivity contribution in [1.82, 2.24) is 0 Å². The van der Waals surface area contributed by atoms with Gasteiger partial charge in [-0.3, -0.25) is 4.99 Å². The van der Waals surface area contributed by atoms with Crippen molar-refractivity contribution in [1.29, 1.82) is 5.26 Å². The number of nitriles is 1. The first-order valence-electron chi connectivity index (χ1n) is 6.51. The number of halogens is 2. The zero-order valence-electron chi connectivity index (χ0n) is 12.8. The van der Waals surface area contributed by atoms with Crippen molar-refractivity contribution in [3.63, 3.8) is 0 Å². The quantitative estimate of drug-likeness (QED) is 0.408. The van der Waals surface area contributed by atoms with E-state index in [0.29, 0.717) is 11.5 Å². The van der Waals surface area contributed by atoms with E-state index in [4.69, 9.17) is 29.9 Å². The molecule has 4 nitrogen and oxygen atoms in total. The van der Waals surface area contributed by atoms with Crippen LogP contribution < -0.4 is 0 Å². The molecule has 23 heavy (non-hydrogen) atoms. The molecule has 1 heterocycles. The van der Waals surface area contributed by atoms with E-state index in [1.165, 1.54) is 11.8 Å². The van der Waals surface area contributed by atoms with Gasteiger partial charge < -0.3 is 4.42 Å². The summed E-state index contributed by atoms with van der Waals surface area (Å²) in [6, 6.07) is 7.75. The van der Waals surface area contributed by atoms with Crippen LogP contribution in [0.1, 0.15) is 28.2 Å². The van der Waals surface area contributed by atoms with Crippen LogP contribution in [0.5, 0.6) is 0 Å². The number of nitrogens with zero attached hydrogens (tertiary/aromatic N) is 3. The molecular formula is C16H15Cl2FeN3O. The van der Waals surface area contributed by atoms with Crippen LogP contribution in [-0.2, 0) is 13.1 Å². The number of hydrogen-bond acceptors (Lipinski definition) is 4. The van der Waals surface area contributed by atoms with Gasteiger partial charge in [0.15, 0.2) is 0 Å². The summed E-state index contributed by atoms with van der Waals surface area (Å²) >= 11 is 0.194. The maximum atomic E-state index is 8.35. The summed E-state index contributed by atoms with van der Waals surface area (Å²) < 4.78 is 5.46. The molecule has 0 fully saturated rings. The molecule has 0 bridgehead atoms. The van der Waals surface area contributed by atoms with Crippen LogP contribution in [0.3, 0.4) is 0 Å². The Hall–Kier alpha value is -1.57. The summed E-state index contributed by atoms with van der Waals surface area (Å²) in [6.07, 6.45) is 4.73. The number of aliphatic imine (C=N–C) groups is 2. The first-order chi connectivity index (χ1) is 11.0. The number of hydrogen-bond donors (Lipinski definition) is 0. The molecule has 7 heteroatoms. The molecule has 1 aromatic carbocycles. The Morgan fingerprint density at radius 2 is 1.61 bits per heavy atom. The molecule has 0 radical (unpaired) electrons. The third-order valence-electron chi connectivity index (χ3n) is 2.85. The maximum absolute atomic E-state index is 8.35. The zero-order chi connectivity index (χ0) is 17.2. The third kappa shape index (κ3) is 6.60. The van der Waals surface area contributed by atoms with Gasteiger partial charge in [-0.2, -0.15) is 10.3 Å². The van der Waals surface area contributed by atoms with Crippen molar-refractivity contribution in [2.24, 2.45) is 9.98 Å². The molecule has 0 spiro atoms. The third-order valence-corrected chi connectivity index (χ3v) is 2.85. The molecule has 122 valence electrons. The van der Waals surface area contributed by atoms with Crippen LogP contribution in [0.2, 0.25) is 0 Å². The van der Waals surface area contributed by atoms with Crippen molar-refractivity contribution in [2.45, 2.75) is 20.8 Å². The average molecular weight is 392 g/mol. The summed E-state index contributed by atoms with van der Waals surface area (Å²) in [4.78, 5) is 7.94. The normalized spacial score (nSPS) is 10.8. The van der Waals surface area contributed by atoms with Gasteiger partial charge in [0.2, 0.25) is 6.19 Å². The van der Waals surface area contributed by atoms with Crippen LogP contribution in [0.4, 0.5) is 5.69 Å². The van der Waals surface area contributed by atoms with Gasteiger partial charge in [0.25, 0.3) is 0 Å². The van der Waals surface area contributed by atoms with Gasteiger partial charge in [-0.1, -0.05) is 17.7 Å². The SMILES string of the molecule is Cc1cc(C)c(N=Cc2ccc(C=NC#N)o2)c(C)c1.[Cl][Fe][Cl]. The van der Waals surface area contributed by atoms with Crippen molar-refractivity contribution in [3.05, 3.63) is 52.5 Å². The fraction of sp³-hybridized carbons (Fsp3) is 0.188. The Bertz CT molecular complexity index is 725. The minimum absolute atomic E-state index is 0.194. The Labute approximate surface area is 150 Å². The molecule has 0 saturated carbocycles. The van der Waals surface area contributed by atoms with Crippen molar-refractivity contribution in [2.75, 3.05) is 0 Å². The zero-order valence-corrected chi connectivity index (χ0v) is 15.4. The molecule has 0 amide bonds. The second-order valence-electron chi connectivity index (χ2n) is 4.65. The molecule has 0 aliphatic heterocycles. The van der Waals surface area contributed by atoms with Gasteiger partial charge in [-0.05, 0) is 44.0 Å². The van der Waals surface area contributed by atoms with E-state index in [2.05, 4.69) is 29.0 Å². The van der Waals surface area contributed by atoms with E-state index in [1.54, 1.807) is 24.5 Å². The Morgan fingerprint density at radius 3 is 2.13 bits per heavy atom. The molecule has 0 aliphatic carbocycles. The predicted octanol–water partition coefficient (Wildman–Crippen LogP) is 5.23. The van der Waals surface area contributed by atoms with E-state index in [0.717, 1.165) is 16.8 Å². The van der Waals surface area contributed by atoms with Gasteiger partial charge in [0.05, 0.1) is 18.1 Å². The second-order valence-corrected chi connectivity index (χ2v) is 6.48. The molecule has 0 atom stereocenters. The van der Waals surface area contributed by atoms with Gasteiger partial charge >= 0.3 is 33.3 Å².